The number of carbonyl (C=O) groups is 2. The van der Waals surface area contributed by atoms with Crippen molar-refractivity contribution in [1.29, 1.82) is 0 Å². The van der Waals surface area contributed by atoms with Crippen LogP contribution in [-0.4, -0.2) is 56.0 Å². The van der Waals surface area contributed by atoms with Crippen LogP contribution in [0.4, 0.5) is 8.78 Å². The molecule has 1 saturated heterocycles. The van der Waals surface area contributed by atoms with Gasteiger partial charge in [-0.3, -0.25) is 14.5 Å². The molecule has 8 heteroatoms. The summed E-state index contributed by atoms with van der Waals surface area (Å²) in [6.45, 7) is -0.761. The van der Waals surface area contributed by atoms with Crippen LogP contribution in [0.2, 0.25) is 0 Å². The van der Waals surface area contributed by atoms with E-state index in [-0.39, 0.29) is 30.7 Å². The van der Waals surface area contributed by atoms with E-state index < -0.39 is 6.61 Å². The molecule has 0 atom stereocenters. The first-order valence-electron chi connectivity index (χ1n) is 7.32. The Hall–Kier alpha value is -2.22. The number of ether oxygens (including phenoxy) is 1. The van der Waals surface area contributed by atoms with Crippen molar-refractivity contribution in [2.24, 2.45) is 0 Å². The maximum absolute atomic E-state index is 12.0. The van der Waals surface area contributed by atoms with Gasteiger partial charge >= 0.3 is 6.61 Å². The van der Waals surface area contributed by atoms with Gasteiger partial charge in [0, 0.05) is 19.6 Å². The molecule has 1 fully saturated rings. The Balaban J connectivity index is 1.67. The number of carbonyl (C=O) groups excluding carboxylic acids is 2. The summed E-state index contributed by atoms with van der Waals surface area (Å²) in [6, 6.07) is 6.29. The fourth-order valence-corrected chi connectivity index (χ4v) is 2.27. The molecule has 6 nitrogen and oxygen atoms in total. The van der Waals surface area contributed by atoms with Crippen molar-refractivity contribution < 1.29 is 23.1 Å². The SMILES string of the molecule is O=C(CN1CCNC(=O)C1)NCCc1ccc(OC(F)F)cc1. The van der Waals surface area contributed by atoms with Crippen molar-refractivity contribution >= 4 is 11.8 Å². The molecule has 2 amide bonds. The number of nitrogens with one attached hydrogen (secondary N) is 2. The van der Waals surface area contributed by atoms with E-state index in [2.05, 4.69) is 15.4 Å². The highest BCUT2D eigenvalue weighted by Gasteiger charge is 2.18. The average molecular weight is 327 g/mol. The standard InChI is InChI=1S/C15H19F2N3O3/c16-15(17)23-12-3-1-11(2-4-12)5-6-18-13(21)9-20-8-7-19-14(22)10-20/h1-4,15H,5-10H2,(H,18,21)(H,19,22). The summed E-state index contributed by atoms with van der Waals surface area (Å²) >= 11 is 0. The highest BCUT2D eigenvalue weighted by atomic mass is 19.3. The van der Waals surface area contributed by atoms with Gasteiger partial charge in [0.15, 0.2) is 0 Å². The van der Waals surface area contributed by atoms with Crippen LogP contribution < -0.4 is 15.4 Å². The maximum atomic E-state index is 12.0. The molecule has 0 aromatic heterocycles. The van der Waals surface area contributed by atoms with Crippen LogP contribution >= 0.6 is 0 Å². The van der Waals surface area contributed by atoms with E-state index in [0.29, 0.717) is 26.1 Å². The molecule has 0 unspecified atom stereocenters. The molecule has 2 N–H and O–H groups in total. The number of rotatable bonds is 7. The lowest BCUT2D eigenvalue weighted by Crippen LogP contribution is -2.50. The van der Waals surface area contributed by atoms with E-state index in [9.17, 15) is 18.4 Å². The summed E-state index contributed by atoms with van der Waals surface area (Å²) < 4.78 is 28.3. The highest BCUT2D eigenvalue weighted by molar-refractivity contribution is 5.81. The number of hydrogen-bond donors (Lipinski definition) is 2. The molecule has 126 valence electrons. The van der Waals surface area contributed by atoms with Gasteiger partial charge in [0.1, 0.15) is 5.75 Å². The first-order valence-corrected chi connectivity index (χ1v) is 7.32. The van der Waals surface area contributed by atoms with Crippen LogP contribution in [-0.2, 0) is 16.0 Å². The molecule has 0 aliphatic carbocycles. The van der Waals surface area contributed by atoms with Crippen LogP contribution in [0.25, 0.3) is 0 Å². The Labute approximate surface area is 132 Å². The number of halogens is 2. The van der Waals surface area contributed by atoms with Crippen molar-refractivity contribution in [1.82, 2.24) is 15.5 Å². The molecule has 23 heavy (non-hydrogen) atoms. The minimum Gasteiger partial charge on any atom is -0.435 e. The zero-order chi connectivity index (χ0) is 16.7. The van der Waals surface area contributed by atoms with Gasteiger partial charge in [-0.2, -0.15) is 8.78 Å². The lowest BCUT2D eigenvalue weighted by molar-refractivity contribution is -0.126. The predicted molar refractivity (Wildman–Crippen MR) is 79.2 cm³/mol. The summed E-state index contributed by atoms with van der Waals surface area (Å²) in [5, 5.41) is 5.47. The van der Waals surface area contributed by atoms with Gasteiger partial charge in [-0.25, -0.2) is 0 Å². The van der Waals surface area contributed by atoms with Gasteiger partial charge in [0.05, 0.1) is 13.1 Å². The first kappa shape index (κ1) is 17.1. The normalized spacial score (nSPS) is 15.3. The Kier molecular flexibility index (Phi) is 6.28. The third-order valence-electron chi connectivity index (χ3n) is 3.37. The van der Waals surface area contributed by atoms with E-state index in [0.717, 1.165) is 5.56 Å². The van der Waals surface area contributed by atoms with Gasteiger partial charge < -0.3 is 15.4 Å². The average Bonchev–Trinajstić information content (AvgIpc) is 2.48. The third kappa shape index (κ3) is 6.19. The molecule has 1 aromatic carbocycles. The van der Waals surface area contributed by atoms with Crippen molar-refractivity contribution in [2.45, 2.75) is 13.0 Å². The molecule has 0 saturated carbocycles. The Morgan fingerprint density at radius 1 is 1.35 bits per heavy atom. The molecular formula is C15H19F2N3O3. The Bertz CT molecular complexity index is 537. The molecule has 0 spiro atoms. The van der Waals surface area contributed by atoms with Crippen LogP contribution in [0.1, 0.15) is 5.56 Å². The minimum atomic E-state index is -2.84. The second-order valence-electron chi connectivity index (χ2n) is 5.18. The number of benzene rings is 1. The Morgan fingerprint density at radius 2 is 2.09 bits per heavy atom. The maximum Gasteiger partial charge on any atom is 0.387 e. The number of piperazine rings is 1. The Morgan fingerprint density at radius 3 is 2.74 bits per heavy atom. The van der Waals surface area contributed by atoms with Crippen LogP contribution in [0.3, 0.4) is 0 Å². The molecule has 1 aromatic rings. The largest absolute Gasteiger partial charge is 0.435 e. The van der Waals surface area contributed by atoms with Crippen LogP contribution in [0.15, 0.2) is 24.3 Å². The number of nitrogens with zero attached hydrogens (tertiary/aromatic N) is 1. The van der Waals surface area contributed by atoms with E-state index in [4.69, 9.17) is 0 Å². The first-order chi connectivity index (χ1) is 11.0. The lowest BCUT2D eigenvalue weighted by Gasteiger charge is -2.25. The van der Waals surface area contributed by atoms with Crippen molar-refractivity contribution in [2.75, 3.05) is 32.7 Å². The molecule has 1 aliphatic rings. The monoisotopic (exact) mass is 327 g/mol. The van der Waals surface area contributed by atoms with E-state index >= 15 is 0 Å². The smallest absolute Gasteiger partial charge is 0.387 e. The lowest BCUT2D eigenvalue weighted by atomic mass is 10.1. The second kappa shape index (κ2) is 8.42. The van der Waals surface area contributed by atoms with E-state index in [1.54, 1.807) is 17.0 Å². The number of alkyl halides is 2. The summed E-state index contributed by atoms with van der Waals surface area (Å²) in [4.78, 5) is 24.8. The molecule has 1 aliphatic heterocycles. The summed E-state index contributed by atoms with van der Waals surface area (Å²) in [6.07, 6.45) is 0.585. The van der Waals surface area contributed by atoms with E-state index in [1.807, 2.05) is 0 Å². The number of hydrogen-bond acceptors (Lipinski definition) is 4. The highest BCUT2D eigenvalue weighted by Crippen LogP contribution is 2.14. The third-order valence-corrected chi connectivity index (χ3v) is 3.37. The van der Waals surface area contributed by atoms with Crippen LogP contribution in [0, 0.1) is 0 Å². The second-order valence-corrected chi connectivity index (χ2v) is 5.18. The van der Waals surface area contributed by atoms with Crippen molar-refractivity contribution in [3.63, 3.8) is 0 Å². The molecular weight excluding hydrogens is 308 g/mol. The molecule has 2 rings (SSSR count). The topological polar surface area (TPSA) is 70.7 Å². The van der Waals surface area contributed by atoms with Crippen molar-refractivity contribution in [3.8, 4) is 5.75 Å². The molecule has 0 bridgehead atoms. The van der Waals surface area contributed by atoms with Crippen molar-refractivity contribution in [3.05, 3.63) is 29.8 Å². The van der Waals surface area contributed by atoms with Gasteiger partial charge in [0.25, 0.3) is 0 Å². The van der Waals surface area contributed by atoms with E-state index in [1.165, 1.54) is 12.1 Å². The fourth-order valence-electron chi connectivity index (χ4n) is 2.27. The zero-order valence-corrected chi connectivity index (χ0v) is 12.6. The van der Waals surface area contributed by atoms with Gasteiger partial charge in [-0.1, -0.05) is 12.1 Å². The quantitative estimate of drug-likeness (QED) is 0.760. The minimum absolute atomic E-state index is 0.0739. The fraction of sp³-hybridized carbons (Fsp3) is 0.467. The van der Waals surface area contributed by atoms with Gasteiger partial charge in [0.2, 0.25) is 11.8 Å². The summed E-state index contributed by atoms with van der Waals surface area (Å²) in [5.74, 6) is -0.108. The zero-order valence-electron chi connectivity index (χ0n) is 12.6. The molecule has 0 radical (unpaired) electrons. The summed E-state index contributed by atoms with van der Waals surface area (Å²) in [5.41, 5.74) is 0.907. The van der Waals surface area contributed by atoms with Gasteiger partial charge in [-0.05, 0) is 24.1 Å². The summed E-state index contributed by atoms with van der Waals surface area (Å²) in [7, 11) is 0. The predicted octanol–water partition coefficient (Wildman–Crippen LogP) is 0.379. The number of amides is 2. The van der Waals surface area contributed by atoms with Gasteiger partial charge in [-0.15, -0.1) is 0 Å². The molecule has 1 heterocycles. The van der Waals surface area contributed by atoms with Crippen LogP contribution in [0.5, 0.6) is 5.75 Å².